The van der Waals surface area contributed by atoms with Gasteiger partial charge in [0, 0.05) is 39.4 Å². The Labute approximate surface area is 237 Å². The van der Waals surface area contributed by atoms with Crippen LogP contribution in [0.25, 0.3) is 0 Å². The fourth-order valence-electron chi connectivity index (χ4n) is 6.78. The van der Waals surface area contributed by atoms with E-state index in [-0.39, 0.29) is 33.5 Å². The first-order chi connectivity index (χ1) is 19.7. The van der Waals surface area contributed by atoms with Gasteiger partial charge in [-0.15, -0.1) is 0 Å². The minimum Gasteiger partial charge on any atom is -0.348 e. The van der Waals surface area contributed by atoms with Gasteiger partial charge in [0.25, 0.3) is 5.69 Å². The van der Waals surface area contributed by atoms with Gasteiger partial charge < -0.3 is 4.74 Å². The molecule has 1 heterocycles. The number of nitrogens with zero attached hydrogens (tertiary/aromatic N) is 1. The minimum absolute atomic E-state index is 0.0928. The van der Waals surface area contributed by atoms with E-state index in [1.165, 1.54) is 48.5 Å². The molecular weight excluding hydrogens is 546 g/mol. The highest BCUT2D eigenvalue weighted by atomic mass is 35.5. The second-order valence-electron chi connectivity index (χ2n) is 10.3. The standard InChI is InChI=1S/C32H18ClNO7/c33-19-14-12-17(13-15-19)30-31(26(35)21-8-1-2-9-22(21)27(31)36)25(18-6-5-7-20(16-18)34(39)40)32(41-30)28(37)23-10-3-4-11-24(23)29(32)38/h1-16,25,30H/t25-,30-/m0/s1. The number of fused-ring (bicyclic) bond motifs is 2. The first kappa shape index (κ1) is 25.2. The summed E-state index contributed by atoms with van der Waals surface area (Å²) in [6.07, 6.45) is -1.39. The molecule has 2 atom stereocenters. The lowest BCUT2D eigenvalue weighted by Crippen LogP contribution is -2.51. The third kappa shape index (κ3) is 3.08. The van der Waals surface area contributed by atoms with Crippen molar-refractivity contribution in [3.63, 3.8) is 0 Å². The van der Waals surface area contributed by atoms with Gasteiger partial charge >= 0.3 is 0 Å². The first-order valence-electron chi connectivity index (χ1n) is 12.8. The number of non-ortho nitro benzene ring substituents is 1. The Bertz CT molecular complexity index is 1790. The number of benzene rings is 4. The summed E-state index contributed by atoms with van der Waals surface area (Å²) in [5.74, 6) is -4.18. The molecule has 1 fully saturated rings. The third-order valence-corrected chi connectivity index (χ3v) is 8.68. The second-order valence-corrected chi connectivity index (χ2v) is 10.8. The quantitative estimate of drug-likeness (QED) is 0.171. The molecule has 7 rings (SSSR count). The Hall–Kier alpha value is -4.79. The van der Waals surface area contributed by atoms with Gasteiger partial charge in [-0.25, -0.2) is 0 Å². The number of halogens is 1. The molecule has 1 aliphatic heterocycles. The molecule has 0 N–H and O–H groups in total. The zero-order valence-corrected chi connectivity index (χ0v) is 21.8. The molecule has 0 saturated carbocycles. The van der Waals surface area contributed by atoms with Crippen LogP contribution in [0.3, 0.4) is 0 Å². The molecule has 0 bridgehead atoms. The SMILES string of the molecule is O=C1c2ccccc2C(=O)C12O[C@@H](c1ccc(Cl)cc1)C1(C(=O)c3ccccc3C1=O)[C@@H]2c1cccc([N+](=O)[O-])c1. The van der Waals surface area contributed by atoms with Gasteiger partial charge in [-0.3, -0.25) is 29.3 Å². The minimum atomic E-state index is -2.34. The monoisotopic (exact) mass is 563 g/mol. The summed E-state index contributed by atoms with van der Waals surface area (Å²) >= 11 is 6.15. The lowest BCUT2D eigenvalue weighted by atomic mass is 9.60. The lowest BCUT2D eigenvalue weighted by molar-refractivity contribution is -0.384. The number of hydrogen-bond acceptors (Lipinski definition) is 7. The molecule has 8 nitrogen and oxygen atoms in total. The number of Topliss-reactive ketones (excluding diaryl/α,β-unsaturated/α-hetero) is 4. The third-order valence-electron chi connectivity index (χ3n) is 8.43. The summed E-state index contributed by atoms with van der Waals surface area (Å²) in [6, 6.07) is 24.1. The smallest absolute Gasteiger partial charge is 0.269 e. The summed E-state index contributed by atoms with van der Waals surface area (Å²) < 4.78 is 6.57. The van der Waals surface area contributed by atoms with E-state index in [9.17, 15) is 29.3 Å². The predicted octanol–water partition coefficient (Wildman–Crippen LogP) is 5.99. The molecule has 4 aromatic carbocycles. The summed E-state index contributed by atoms with van der Waals surface area (Å²) in [6.45, 7) is 0. The molecule has 1 saturated heterocycles. The molecule has 0 aromatic heterocycles. The van der Waals surface area contributed by atoms with Crippen LogP contribution in [0, 0.1) is 15.5 Å². The van der Waals surface area contributed by atoms with Crippen molar-refractivity contribution < 1.29 is 28.8 Å². The van der Waals surface area contributed by atoms with Crippen molar-refractivity contribution in [2.75, 3.05) is 0 Å². The van der Waals surface area contributed by atoms with Crippen molar-refractivity contribution in [2.24, 2.45) is 5.41 Å². The fraction of sp³-hybridized carbons (Fsp3) is 0.125. The number of nitro groups is 1. The fourth-order valence-corrected chi connectivity index (χ4v) is 6.91. The van der Waals surface area contributed by atoms with Crippen molar-refractivity contribution in [1.29, 1.82) is 0 Å². The molecule has 41 heavy (non-hydrogen) atoms. The van der Waals surface area contributed by atoms with Crippen LogP contribution in [0.1, 0.15) is 64.6 Å². The largest absolute Gasteiger partial charge is 0.348 e. The molecule has 200 valence electrons. The topological polar surface area (TPSA) is 121 Å². The molecule has 2 aliphatic carbocycles. The number of carbonyl (C=O) groups is 4. The molecule has 0 radical (unpaired) electrons. The lowest BCUT2D eigenvalue weighted by Gasteiger charge is -2.34. The highest BCUT2D eigenvalue weighted by molar-refractivity contribution is 6.37. The van der Waals surface area contributed by atoms with Gasteiger partial charge in [0.2, 0.25) is 17.2 Å². The van der Waals surface area contributed by atoms with Crippen molar-refractivity contribution in [3.8, 4) is 0 Å². The van der Waals surface area contributed by atoms with Crippen molar-refractivity contribution in [3.05, 3.63) is 146 Å². The van der Waals surface area contributed by atoms with E-state index in [4.69, 9.17) is 16.3 Å². The number of nitro benzene ring substituents is 1. The van der Waals surface area contributed by atoms with Crippen molar-refractivity contribution in [2.45, 2.75) is 17.6 Å². The zero-order chi connectivity index (χ0) is 28.7. The number of ether oxygens (including phenoxy) is 1. The molecule has 0 amide bonds. The zero-order valence-electron chi connectivity index (χ0n) is 21.1. The van der Waals surface area contributed by atoms with Crippen LogP contribution in [0.4, 0.5) is 5.69 Å². The van der Waals surface area contributed by atoms with Crippen LogP contribution < -0.4 is 0 Å². The molecular formula is C32H18ClNO7. The van der Waals surface area contributed by atoms with Gasteiger partial charge in [0.15, 0.2) is 11.6 Å². The average Bonchev–Trinajstić information content (AvgIpc) is 3.51. The molecule has 3 aliphatic rings. The van der Waals surface area contributed by atoms with E-state index < -0.39 is 51.1 Å². The van der Waals surface area contributed by atoms with Crippen molar-refractivity contribution >= 4 is 40.4 Å². The maximum absolute atomic E-state index is 14.6. The Morgan fingerprint density at radius 2 is 1.17 bits per heavy atom. The van der Waals surface area contributed by atoms with E-state index in [0.717, 1.165) is 0 Å². The van der Waals surface area contributed by atoms with Gasteiger partial charge in [0.1, 0.15) is 11.5 Å². The van der Waals surface area contributed by atoms with Crippen LogP contribution in [0.2, 0.25) is 5.02 Å². The van der Waals surface area contributed by atoms with E-state index >= 15 is 0 Å². The average molecular weight is 564 g/mol. The number of ketones is 4. The van der Waals surface area contributed by atoms with E-state index in [0.29, 0.717) is 10.6 Å². The number of hydrogen-bond donors (Lipinski definition) is 0. The Morgan fingerprint density at radius 1 is 0.659 bits per heavy atom. The van der Waals surface area contributed by atoms with Gasteiger partial charge in [-0.05, 0) is 23.3 Å². The van der Waals surface area contributed by atoms with E-state index in [1.54, 1.807) is 48.5 Å². The van der Waals surface area contributed by atoms with E-state index in [1.807, 2.05) is 0 Å². The maximum atomic E-state index is 14.6. The molecule has 4 aromatic rings. The summed E-state index contributed by atoms with van der Waals surface area (Å²) in [5.41, 5.74) is -3.89. The van der Waals surface area contributed by atoms with Gasteiger partial charge in [-0.1, -0.05) is 84.4 Å². The van der Waals surface area contributed by atoms with Crippen LogP contribution in [0.15, 0.2) is 97.1 Å². The summed E-state index contributed by atoms with van der Waals surface area (Å²) in [5, 5.41) is 12.2. The van der Waals surface area contributed by atoms with Crippen LogP contribution >= 0.6 is 11.6 Å². The van der Waals surface area contributed by atoms with Crippen LogP contribution in [0.5, 0.6) is 0 Å². The maximum Gasteiger partial charge on any atom is 0.269 e. The first-order valence-corrected chi connectivity index (χ1v) is 13.2. The Morgan fingerprint density at radius 3 is 1.68 bits per heavy atom. The van der Waals surface area contributed by atoms with Gasteiger partial charge in [0.05, 0.1) is 10.8 Å². The van der Waals surface area contributed by atoms with Crippen LogP contribution in [-0.2, 0) is 4.74 Å². The molecule has 9 heteroatoms. The Kier molecular flexibility index (Phi) is 5.29. The summed E-state index contributed by atoms with van der Waals surface area (Å²) in [4.78, 5) is 69.2. The normalized spacial score (nSPS) is 21.5. The highest BCUT2D eigenvalue weighted by Crippen LogP contribution is 2.68. The molecule has 0 unspecified atom stereocenters. The Balaban J connectivity index is 1.60. The summed E-state index contributed by atoms with van der Waals surface area (Å²) in [7, 11) is 0. The second kappa shape index (κ2) is 8.60. The van der Waals surface area contributed by atoms with Crippen LogP contribution in [-0.4, -0.2) is 33.7 Å². The van der Waals surface area contributed by atoms with E-state index in [2.05, 4.69) is 0 Å². The molecule has 2 spiro atoms. The number of rotatable bonds is 3. The number of carbonyl (C=O) groups excluding carboxylic acids is 4. The highest BCUT2D eigenvalue weighted by Gasteiger charge is 2.79. The predicted molar refractivity (Wildman–Crippen MR) is 146 cm³/mol. The van der Waals surface area contributed by atoms with Gasteiger partial charge in [-0.2, -0.15) is 0 Å². The van der Waals surface area contributed by atoms with Crippen molar-refractivity contribution in [1.82, 2.24) is 0 Å².